The van der Waals surface area contributed by atoms with E-state index in [-0.39, 0.29) is 0 Å². The Balaban J connectivity index is 2.72. The van der Waals surface area contributed by atoms with Crippen molar-refractivity contribution in [3.8, 4) is 0 Å². The van der Waals surface area contributed by atoms with Crippen molar-refractivity contribution in [3.63, 3.8) is 0 Å². The van der Waals surface area contributed by atoms with E-state index in [2.05, 4.69) is 39.8 Å². The predicted molar refractivity (Wildman–Crippen MR) is 84.5 cm³/mol. The normalized spacial score (nSPS) is 10.7. The average molecular weight is 262 g/mol. The summed E-state index contributed by atoms with van der Waals surface area (Å²) in [6, 6.07) is 2.25. The van der Waals surface area contributed by atoms with E-state index in [9.17, 15) is 0 Å². The van der Waals surface area contributed by atoms with Crippen LogP contribution in [0.3, 0.4) is 0 Å². The molecule has 0 aliphatic heterocycles. The van der Waals surface area contributed by atoms with Gasteiger partial charge in [0.05, 0.1) is 0 Å². The Hall–Kier alpha value is -0.980. The molecule has 0 amide bonds. The minimum atomic E-state index is 1.06. The number of allylic oxidation sites excluding steroid dienone is 1. The molecule has 0 bridgehead atoms. The number of unbranched alkanes of at least 4 members (excludes halogenated alkanes) is 2. The number of hydrogen-bond acceptors (Lipinski definition) is 1. The summed E-state index contributed by atoms with van der Waals surface area (Å²) in [5.74, 6) is 2.16. The molecule has 0 saturated carbocycles. The van der Waals surface area contributed by atoms with Gasteiger partial charge in [0.2, 0.25) is 0 Å². The van der Waals surface area contributed by atoms with E-state index in [1.165, 1.54) is 56.1 Å². The Morgan fingerprint density at radius 3 is 2.32 bits per heavy atom. The molecule has 0 radical (unpaired) electrons. The first-order valence-corrected chi connectivity index (χ1v) is 7.99. The van der Waals surface area contributed by atoms with Crippen molar-refractivity contribution < 1.29 is 4.42 Å². The van der Waals surface area contributed by atoms with E-state index in [0.29, 0.717) is 0 Å². The fourth-order valence-electron chi connectivity index (χ4n) is 2.54. The van der Waals surface area contributed by atoms with Crippen molar-refractivity contribution in [2.75, 3.05) is 0 Å². The Morgan fingerprint density at radius 2 is 1.74 bits per heavy atom. The van der Waals surface area contributed by atoms with Gasteiger partial charge in [0.25, 0.3) is 0 Å². The molecule has 1 heteroatoms. The number of furan rings is 1. The number of rotatable bonds is 9. The maximum atomic E-state index is 5.89. The highest BCUT2D eigenvalue weighted by Crippen LogP contribution is 2.22. The number of aryl methyl sites for hydroxylation is 2. The molecule has 1 aromatic heterocycles. The lowest BCUT2D eigenvalue weighted by atomic mass is 10.0. The quantitative estimate of drug-likeness (QED) is 0.476. The average Bonchev–Trinajstić information content (AvgIpc) is 2.71. The highest BCUT2D eigenvalue weighted by Gasteiger charge is 2.06. The summed E-state index contributed by atoms with van der Waals surface area (Å²) in [7, 11) is 0. The second-order valence-corrected chi connectivity index (χ2v) is 5.49. The number of hydrogen-bond donors (Lipinski definition) is 0. The third kappa shape index (κ3) is 5.67. The topological polar surface area (TPSA) is 13.1 Å². The summed E-state index contributed by atoms with van der Waals surface area (Å²) in [5, 5.41) is 0. The van der Waals surface area contributed by atoms with Gasteiger partial charge in [0.15, 0.2) is 0 Å². The zero-order chi connectivity index (χ0) is 14.1. The monoisotopic (exact) mass is 262 g/mol. The predicted octanol–water partition coefficient (Wildman–Crippen LogP) is 6.30. The maximum absolute atomic E-state index is 5.89. The van der Waals surface area contributed by atoms with E-state index in [4.69, 9.17) is 4.42 Å². The molecule has 0 aliphatic rings. The summed E-state index contributed by atoms with van der Waals surface area (Å²) in [4.78, 5) is 0. The molecule has 1 heterocycles. The Labute approximate surface area is 119 Å². The summed E-state index contributed by atoms with van der Waals surface area (Å²) >= 11 is 0. The minimum absolute atomic E-state index is 1.06. The molecule has 1 nitrogen and oxygen atoms in total. The summed E-state index contributed by atoms with van der Waals surface area (Å²) in [6.07, 6.45) is 12.1. The lowest BCUT2D eigenvalue weighted by Crippen LogP contribution is -1.84. The zero-order valence-corrected chi connectivity index (χ0v) is 13.2. The molecule has 1 aromatic rings. The van der Waals surface area contributed by atoms with Gasteiger partial charge in [-0.25, -0.2) is 0 Å². The third-order valence-electron chi connectivity index (χ3n) is 3.58. The van der Waals surface area contributed by atoms with Crippen LogP contribution in [0.25, 0.3) is 6.08 Å². The van der Waals surface area contributed by atoms with Gasteiger partial charge in [-0.3, -0.25) is 0 Å². The van der Waals surface area contributed by atoms with Gasteiger partial charge >= 0.3 is 0 Å². The second kappa shape index (κ2) is 9.01. The van der Waals surface area contributed by atoms with Crippen molar-refractivity contribution in [2.24, 2.45) is 0 Å². The van der Waals surface area contributed by atoms with Crippen LogP contribution in [0.4, 0.5) is 0 Å². The molecule has 0 fully saturated rings. The van der Waals surface area contributed by atoms with Crippen LogP contribution in [0.5, 0.6) is 0 Å². The first-order valence-electron chi connectivity index (χ1n) is 7.99. The molecular weight excluding hydrogens is 232 g/mol. The van der Waals surface area contributed by atoms with Crippen molar-refractivity contribution in [2.45, 2.75) is 79.1 Å². The molecule has 0 unspecified atom stereocenters. The van der Waals surface area contributed by atoms with Crippen LogP contribution in [-0.4, -0.2) is 0 Å². The van der Waals surface area contributed by atoms with Crippen LogP contribution in [0.1, 0.15) is 82.8 Å². The third-order valence-corrected chi connectivity index (χ3v) is 3.58. The molecule has 1 rings (SSSR count). The lowest BCUT2D eigenvalue weighted by molar-refractivity contribution is 0.518. The van der Waals surface area contributed by atoms with E-state index in [1.54, 1.807) is 0 Å². The van der Waals surface area contributed by atoms with Crippen LogP contribution in [0, 0.1) is 6.92 Å². The van der Waals surface area contributed by atoms with Crippen molar-refractivity contribution >= 4 is 6.08 Å². The van der Waals surface area contributed by atoms with Crippen LogP contribution in [0.2, 0.25) is 0 Å². The fourth-order valence-corrected chi connectivity index (χ4v) is 2.54. The van der Waals surface area contributed by atoms with Crippen LogP contribution in [0.15, 0.2) is 16.1 Å². The lowest BCUT2D eigenvalue weighted by Gasteiger charge is -2.02. The first-order chi connectivity index (χ1) is 9.21. The largest absolute Gasteiger partial charge is 0.462 e. The molecule has 19 heavy (non-hydrogen) atoms. The fraction of sp³-hybridized carbons (Fsp3) is 0.667. The standard InChI is InChI=1S/C18H30O/c1-5-8-9-12-17-14-18(19-15(17)4)13-16(10-6-2)11-7-3/h13-14H,5-12H2,1-4H3. The molecule has 0 spiro atoms. The first kappa shape index (κ1) is 16.1. The van der Waals surface area contributed by atoms with E-state index in [0.717, 1.165) is 17.9 Å². The Bertz CT molecular complexity index is 376. The highest BCUT2D eigenvalue weighted by atomic mass is 16.3. The van der Waals surface area contributed by atoms with E-state index < -0.39 is 0 Å². The molecule has 0 aliphatic carbocycles. The SMILES string of the molecule is CCCCCc1cc(C=C(CCC)CCC)oc1C. The molecule has 0 atom stereocenters. The summed E-state index contributed by atoms with van der Waals surface area (Å²) < 4.78 is 5.89. The maximum Gasteiger partial charge on any atom is 0.127 e. The van der Waals surface area contributed by atoms with Gasteiger partial charge in [-0.2, -0.15) is 0 Å². The Kier molecular flexibility index (Phi) is 7.62. The van der Waals surface area contributed by atoms with Gasteiger partial charge in [0.1, 0.15) is 11.5 Å². The molecule has 0 aromatic carbocycles. The van der Waals surface area contributed by atoms with Gasteiger partial charge in [-0.05, 0) is 50.3 Å². The van der Waals surface area contributed by atoms with Gasteiger partial charge in [-0.15, -0.1) is 0 Å². The van der Waals surface area contributed by atoms with Gasteiger partial charge < -0.3 is 4.42 Å². The summed E-state index contributed by atoms with van der Waals surface area (Å²) in [5.41, 5.74) is 2.92. The van der Waals surface area contributed by atoms with E-state index in [1.807, 2.05) is 0 Å². The Morgan fingerprint density at radius 1 is 1.05 bits per heavy atom. The van der Waals surface area contributed by atoms with Crippen molar-refractivity contribution in [3.05, 3.63) is 28.7 Å². The molecule has 0 saturated heterocycles. The van der Waals surface area contributed by atoms with Crippen LogP contribution >= 0.6 is 0 Å². The minimum Gasteiger partial charge on any atom is -0.462 e. The van der Waals surface area contributed by atoms with Crippen LogP contribution in [-0.2, 0) is 6.42 Å². The summed E-state index contributed by atoms with van der Waals surface area (Å²) in [6.45, 7) is 8.83. The van der Waals surface area contributed by atoms with Crippen molar-refractivity contribution in [1.29, 1.82) is 0 Å². The van der Waals surface area contributed by atoms with Crippen molar-refractivity contribution in [1.82, 2.24) is 0 Å². The molecular formula is C18H30O. The van der Waals surface area contributed by atoms with Crippen LogP contribution < -0.4 is 0 Å². The molecule has 0 N–H and O–H groups in total. The van der Waals surface area contributed by atoms with Gasteiger partial charge in [0, 0.05) is 0 Å². The van der Waals surface area contributed by atoms with E-state index >= 15 is 0 Å². The zero-order valence-electron chi connectivity index (χ0n) is 13.2. The molecule has 108 valence electrons. The second-order valence-electron chi connectivity index (χ2n) is 5.49. The smallest absolute Gasteiger partial charge is 0.127 e. The van der Waals surface area contributed by atoms with Gasteiger partial charge in [-0.1, -0.05) is 52.0 Å². The highest BCUT2D eigenvalue weighted by molar-refractivity contribution is 5.49.